The molecule has 162 valence electrons. The fraction of sp³-hybridized carbons (Fsp3) is 0.435. The second-order valence-corrected chi connectivity index (χ2v) is 7.77. The standard InChI is InChI=1S/C23H29ClN2O4/c1-28-20-13-22(30-3)21(29-2)12-17(20)14-25-23(27)15-26-10-6-8-18(26)11-16-7-4-5-9-19(16)24/h4-5,7,9,12-13,18H,6,8,10-11,14-15H2,1-3H3,(H,25,27). The highest BCUT2D eigenvalue weighted by molar-refractivity contribution is 6.31. The Morgan fingerprint density at radius 2 is 1.77 bits per heavy atom. The third-order valence-electron chi connectivity index (χ3n) is 5.52. The number of hydrogen-bond acceptors (Lipinski definition) is 5. The molecule has 0 radical (unpaired) electrons. The highest BCUT2D eigenvalue weighted by Gasteiger charge is 2.27. The predicted molar refractivity (Wildman–Crippen MR) is 118 cm³/mol. The molecule has 1 saturated heterocycles. The van der Waals surface area contributed by atoms with Crippen LogP contribution in [0.25, 0.3) is 0 Å². The van der Waals surface area contributed by atoms with E-state index in [4.69, 9.17) is 25.8 Å². The monoisotopic (exact) mass is 432 g/mol. The third kappa shape index (κ3) is 5.37. The lowest BCUT2D eigenvalue weighted by Crippen LogP contribution is -2.40. The number of amides is 1. The number of benzene rings is 2. The van der Waals surface area contributed by atoms with Gasteiger partial charge in [-0.25, -0.2) is 0 Å². The van der Waals surface area contributed by atoms with E-state index in [1.54, 1.807) is 27.4 Å². The van der Waals surface area contributed by atoms with Gasteiger partial charge in [0, 0.05) is 29.2 Å². The highest BCUT2D eigenvalue weighted by Crippen LogP contribution is 2.34. The Morgan fingerprint density at radius 3 is 2.47 bits per heavy atom. The van der Waals surface area contributed by atoms with Gasteiger partial charge in [-0.05, 0) is 43.5 Å². The number of nitrogens with one attached hydrogen (secondary N) is 1. The number of rotatable bonds is 9. The van der Waals surface area contributed by atoms with Crippen LogP contribution in [0.2, 0.25) is 5.02 Å². The maximum Gasteiger partial charge on any atom is 0.234 e. The molecule has 30 heavy (non-hydrogen) atoms. The van der Waals surface area contributed by atoms with Crippen LogP contribution in [-0.2, 0) is 17.8 Å². The fourth-order valence-electron chi connectivity index (χ4n) is 3.92. The van der Waals surface area contributed by atoms with Crippen LogP contribution in [0, 0.1) is 0 Å². The van der Waals surface area contributed by atoms with E-state index < -0.39 is 0 Å². The lowest BCUT2D eigenvalue weighted by molar-refractivity contribution is -0.122. The van der Waals surface area contributed by atoms with Crippen molar-refractivity contribution in [1.29, 1.82) is 0 Å². The molecule has 1 heterocycles. The number of halogens is 1. The second-order valence-electron chi connectivity index (χ2n) is 7.36. The molecule has 1 N–H and O–H groups in total. The Balaban J connectivity index is 1.59. The Hall–Kier alpha value is -2.44. The number of methoxy groups -OCH3 is 3. The minimum absolute atomic E-state index is 0.0158. The summed E-state index contributed by atoms with van der Waals surface area (Å²) in [4.78, 5) is 14.9. The van der Waals surface area contributed by atoms with Crippen molar-refractivity contribution in [3.05, 3.63) is 52.5 Å². The molecule has 0 bridgehead atoms. The van der Waals surface area contributed by atoms with E-state index in [9.17, 15) is 4.79 Å². The average Bonchev–Trinajstić information content (AvgIpc) is 3.19. The van der Waals surface area contributed by atoms with Crippen LogP contribution in [0.3, 0.4) is 0 Å². The average molecular weight is 433 g/mol. The molecule has 0 spiro atoms. The number of carbonyl (C=O) groups is 1. The number of ether oxygens (including phenoxy) is 3. The summed E-state index contributed by atoms with van der Waals surface area (Å²) >= 11 is 6.32. The molecular formula is C23H29ClN2O4. The summed E-state index contributed by atoms with van der Waals surface area (Å²) in [7, 11) is 4.75. The summed E-state index contributed by atoms with van der Waals surface area (Å²) in [5.41, 5.74) is 1.96. The first kappa shape index (κ1) is 22.2. The predicted octanol–water partition coefficient (Wildman–Crippen LogP) is 3.69. The summed E-state index contributed by atoms with van der Waals surface area (Å²) < 4.78 is 16.1. The van der Waals surface area contributed by atoms with E-state index in [-0.39, 0.29) is 5.91 Å². The van der Waals surface area contributed by atoms with E-state index in [1.807, 2.05) is 24.3 Å². The molecule has 0 saturated carbocycles. The summed E-state index contributed by atoms with van der Waals surface area (Å²) in [6.07, 6.45) is 3.02. The minimum atomic E-state index is -0.0158. The Labute approximate surface area is 183 Å². The van der Waals surface area contributed by atoms with Crippen molar-refractivity contribution in [3.63, 3.8) is 0 Å². The zero-order valence-corrected chi connectivity index (χ0v) is 18.5. The van der Waals surface area contributed by atoms with Gasteiger partial charge in [-0.15, -0.1) is 0 Å². The molecule has 1 unspecified atom stereocenters. The van der Waals surface area contributed by atoms with Gasteiger partial charge in [0.25, 0.3) is 0 Å². The van der Waals surface area contributed by atoms with Crippen LogP contribution < -0.4 is 19.5 Å². The number of nitrogens with zero attached hydrogens (tertiary/aromatic N) is 1. The molecule has 7 heteroatoms. The summed E-state index contributed by atoms with van der Waals surface area (Å²) in [5.74, 6) is 1.81. The van der Waals surface area contributed by atoms with Gasteiger partial charge >= 0.3 is 0 Å². The Kier molecular flexibility index (Phi) is 7.82. The largest absolute Gasteiger partial charge is 0.496 e. The van der Waals surface area contributed by atoms with E-state index in [1.165, 1.54) is 0 Å². The first-order valence-corrected chi connectivity index (χ1v) is 10.5. The Morgan fingerprint density at radius 1 is 1.07 bits per heavy atom. The van der Waals surface area contributed by atoms with Gasteiger partial charge in [0.1, 0.15) is 5.75 Å². The molecule has 2 aromatic carbocycles. The lowest BCUT2D eigenvalue weighted by atomic mass is 10.0. The Bertz CT molecular complexity index is 874. The van der Waals surface area contributed by atoms with E-state index in [0.29, 0.717) is 36.4 Å². The minimum Gasteiger partial charge on any atom is -0.496 e. The third-order valence-corrected chi connectivity index (χ3v) is 5.89. The number of likely N-dealkylation sites (tertiary alicyclic amines) is 1. The summed E-state index contributed by atoms with van der Waals surface area (Å²) in [5, 5.41) is 3.79. The van der Waals surface area contributed by atoms with Crippen molar-refractivity contribution in [1.82, 2.24) is 10.2 Å². The van der Waals surface area contributed by atoms with Crippen LogP contribution >= 0.6 is 11.6 Å². The molecule has 2 aromatic rings. The van der Waals surface area contributed by atoms with Gasteiger partial charge in [-0.1, -0.05) is 29.8 Å². The van der Waals surface area contributed by atoms with Gasteiger partial charge < -0.3 is 19.5 Å². The SMILES string of the molecule is COc1cc(OC)c(OC)cc1CNC(=O)CN1CCCC1Cc1ccccc1Cl. The zero-order valence-electron chi connectivity index (χ0n) is 17.7. The van der Waals surface area contributed by atoms with Crippen molar-refractivity contribution in [2.75, 3.05) is 34.4 Å². The topological polar surface area (TPSA) is 60.0 Å². The normalized spacial score (nSPS) is 16.3. The quantitative estimate of drug-likeness (QED) is 0.654. The molecule has 3 rings (SSSR count). The molecule has 0 aliphatic carbocycles. The van der Waals surface area contributed by atoms with E-state index in [0.717, 1.165) is 42.0 Å². The van der Waals surface area contributed by atoms with Crippen LogP contribution in [-0.4, -0.2) is 51.3 Å². The molecule has 1 atom stereocenters. The van der Waals surface area contributed by atoms with Gasteiger partial charge in [-0.2, -0.15) is 0 Å². The number of carbonyl (C=O) groups excluding carboxylic acids is 1. The fourth-order valence-corrected chi connectivity index (χ4v) is 4.13. The molecular weight excluding hydrogens is 404 g/mol. The lowest BCUT2D eigenvalue weighted by Gasteiger charge is -2.24. The maximum atomic E-state index is 12.6. The molecule has 1 aliphatic heterocycles. The van der Waals surface area contributed by atoms with E-state index in [2.05, 4.69) is 16.3 Å². The van der Waals surface area contributed by atoms with Gasteiger partial charge in [0.05, 0.1) is 27.9 Å². The smallest absolute Gasteiger partial charge is 0.234 e. The second kappa shape index (κ2) is 10.5. The number of hydrogen-bond donors (Lipinski definition) is 1. The molecule has 1 aliphatic rings. The van der Waals surface area contributed by atoms with Gasteiger partial charge in [0.2, 0.25) is 5.91 Å². The van der Waals surface area contributed by atoms with Gasteiger partial charge in [0.15, 0.2) is 11.5 Å². The van der Waals surface area contributed by atoms with Gasteiger partial charge in [-0.3, -0.25) is 9.69 Å². The molecule has 1 fully saturated rings. The van der Waals surface area contributed by atoms with Crippen LogP contribution in [0.4, 0.5) is 0 Å². The zero-order chi connectivity index (χ0) is 21.5. The van der Waals surface area contributed by atoms with E-state index >= 15 is 0 Å². The molecule has 6 nitrogen and oxygen atoms in total. The molecule has 1 amide bonds. The first-order valence-electron chi connectivity index (χ1n) is 10.1. The van der Waals surface area contributed by atoms with Crippen molar-refractivity contribution < 1.29 is 19.0 Å². The summed E-state index contributed by atoms with van der Waals surface area (Å²) in [6, 6.07) is 11.8. The van der Waals surface area contributed by atoms with Crippen molar-refractivity contribution in [2.45, 2.75) is 31.8 Å². The van der Waals surface area contributed by atoms with Crippen LogP contribution in [0.15, 0.2) is 36.4 Å². The highest BCUT2D eigenvalue weighted by atomic mass is 35.5. The molecule has 0 aromatic heterocycles. The van der Waals surface area contributed by atoms with Crippen molar-refractivity contribution in [2.24, 2.45) is 0 Å². The maximum absolute atomic E-state index is 12.6. The van der Waals surface area contributed by atoms with Crippen LogP contribution in [0.5, 0.6) is 17.2 Å². The van der Waals surface area contributed by atoms with Crippen molar-refractivity contribution >= 4 is 17.5 Å². The van der Waals surface area contributed by atoms with Crippen LogP contribution in [0.1, 0.15) is 24.0 Å². The first-order chi connectivity index (χ1) is 14.5. The summed E-state index contributed by atoms with van der Waals surface area (Å²) in [6.45, 7) is 1.64. The van der Waals surface area contributed by atoms with Crippen molar-refractivity contribution in [3.8, 4) is 17.2 Å².